The highest BCUT2D eigenvalue weighted by molar-refractivity contribution is 7.10. The highest BCUT2D eigenvalue weighted by Crippen LogP contribution is 2.32. The number of ether oxygens (including phenoxy) is 1. The number of carbonyl (C=O) groups excluding carboxylic acids is 1. The number of aliphatic hydroxyl groups excluding tert-OH is 1. The molecule has 1 aliphatic rings. The SMILES string of the molecule is COCc1cc(CNC(=O)N2CCC([C@@H](O)c3cccs3)CC2)[nH]n1. The number of methoxy groups -OCH3 is 1. The summed E-state index contributed by atoms with van der Waals surface area (Å²) in [6.45, 7) is 2.19. The van der Waals surface area contributed by atoms with Crippen molar-refractivity contribution >= 4 is 17.4 Å². The number of carbonyl (C=O) groups is 1. The van der Waals surface area contributed by atoms with Gasteiger partial charge in [-0.1, -0.05) is 6.07 Å². The van der Waals surface area contributed by atoms with Crippen LogP contribution < -0.4 is 5.32 Å². The van der Waals surface area contributed by atoms with E-state index >= 15 is 0 Å². The van der Waals surface area contributed by atoms with Crippen LogP contribution in [0, 0.1) is 5.92 Å². The van der Waals surface area contributed by atoms with Crippen molar-refractivity contribution < 1.29 is 14.6 Å². The van der Waals surface area contributed by atoms with E-state index in [0.29, 0.717) is 26.2 Å². The number of H-pyrrole nitrogens is 1. The predicted molar refractivity (Wildman–Crippen MR) is 95.1 cm³/mol. The summed E-state index contributed by atoms with van der Waals surface area (Å²) in [5.74, 6) is 0.215. The molecule has 1 atom stereocenters. The maximum atomic E-state index is 12.3. The van der Waals surface area contributed by atoms with E-state index in [-0.39, 0.29) is 11.9 Å². The third kappa shape index (κ3) is 4.59. The number of rotatable bonds is 6. The van der Waals surface area contributed by atoms with Gasteiger partial charge < -0.3 is 20.1 Å². The molecule has 0 saturated carbocycles. The molecular formula is C17H24N4O3S. The fourth-order valence-corrected chi connectivity index (χ4v) is 3.92. The van der Waals surface area contributed by atoms with Crippen LogP contribution >= 0.6 is 11.3 Å². The fourth-order valence-electron chi connectivity index (χ4n) is 3.11. The first-order valence-electron chi connectivity index (χ1n) is 8.43. The van der Waals surface area contributed by atoms with Crippen molar-refractivity contribution in [3.05, 3.63) is 39.8 Å². The van der Waals surface area contributed by atoms with Crippen molar-refractivity contribution in [2.75, 3.05) is 20.2 Å². The molecule has 3 heterocycles. The minimum Gasteiger partial charge on any atom is -0.387 e. The quantitative estimate of drug-likeness (QED) is 0.733. The number of nitrogens with zero attached hydrogens (tertiary/aromatic N) is 2. The lowest BCUT2D eigenvalue weighted by Gasteiger charge is -2.34. The molecule has 2 amide bonds. The van der Waals surface area contributed by atoms with Gasteiger partial charge in [0, 0.05) is 25.1 Å². The lowest BCUT2D eigenvalue weighted by atomic mass is 9.90. The topological polar surface area (TPSA) is 90.5 Å². The van der Waals surface area contributed by atoms with Crippen molar-refractivity contribution in [2.45, 2.75) is 32.1 Å². The Hall–Kier alpha value is -1.90. The monoisotopic (exact) mass is 364 g/mol. The van der Waals surface area contributed by atoms with Gasteiger partial charge in [0.05, 0.1) is 30.6 Å². The molecule has 2 aromatic rings. The van der Waals surface area contributed by atoms with Gasteiger partial charge in [-0.2, -0.15) is 5.10 Å². The lowest BCUT2D eigenvalue weighted by Crippen LogP contribution is -2.44. The minimum atomic E-state index is -0.422. The number of nitrogens with one attached hydrogen (secondary N) is 2. The van der Waals surface area contributed by atoms with Crippen LogP contribution in [-0.2, 0) is 17.9 Å². The molecule has 0 unspecified atom stereocenters. The van der Waals surface area contributed by atoms with Crippen LogP contribution in [0.25, 0.3) is 0 Å². The molecule has 3 N–H and O–H groups in total. The van der Waals surface area contributed by atoms with Crippen molar-refractivity contribution in [1.82, 2.24) is 20.4 Å². The Morgan fingerprint density at radius 2 is 2.36 bits per heavy atom. The number of piperidine rings is 1. The van der Waals surface area contributed by atoms with Gasteiger partial charge in [-0.15, -0.1) is 11.3 Å². The first kappa shape index (κ1) is 17.9. The maximum absolute atomic E-state index is 12.3. The largest absolute Gasteiger partial charge is 0.387 e. The third-order valence-corrected chi connectivity index (χ3v) is 5.46. The number of thiophene rings is 1. The van der Waals surface area contributed by atoms with Crippen molar-refractivity contribution in [1.29, 1.82) is 0 Å². The maximum Gasteiger partial charge on any atom is 0.317 e. The molecule has 3 rings (SSSR count). The van der Waals surface area contributed by atoms with Gasteiger partial charge in [0.2, 0.25) is 0 Å². The zero-order chi connectivity index (χ0) is 17.6. The van der Waals surface area contributed by atoms with Gasteiger partial charge in [0.25, 0.3) is 0 Å². The van der Waals surface area contributed by atoms with E-state index in [1.807, 2.05) is 28.5 Å². The Bertz CT molecular complexity index is 665. The van der Waals surface area contributed by atoms with Crippen LogP contribution in [0.2, 0.25) is 0 Å². The number of urea groups is 1. The normalized spacial score (nSPS) is 16.8. The van der Waals surface area contributed by atoms with Crippen LogP contribution in [0.4, 0.5) is 4.79 Å². The molecule has 1 fully saturated rings. The molecule has 0 spiro atoms. The van der Waals surface area contributed by atoms with Crippen LogP contribution in [0.15, 0.2) is 23.6 Å². The molecule has 0 bridgehead atoms. The molecule has 7 nitrogen and oxygen atoms in total. The fraction of sp³-hybridized carbons (Fsp3) is 0.529. The van der Waals surface area contributed by atoms with E-state index in [2.05, 4.69) is 15.5 Å². The van der Waals surface area contributed by atoms with Gasteiger partial charge in [0.1, 0.15) is 0 Å². The summed E-state index contributed by atoms with van der Waals surface area (Å²) in [6, 6.07) is 5.73. The predicted octanol–water partition coefficient (Wildman–Crippen LogP) is 2.27. The van der Waals surface area contributed by atoms with Crippen molar-refractivity contribution in [2.24, 2.45) is 5.92 Å². The van der Waals surface area contributed by atoms with Gasteiger partial charge in [-0.25, -0.2) is 4.79 Å². The minimum absolute atomic E-state index is 0.0769. The van der Waals surface area contributed by atoms with E-state index in [1.165, 1.54) is 0 Å². The van der Waals surface area contributed by atoms with E-state index in [1.54, 1.807) is 18.4 Å². The number of aliphatic hydroxyl groups is 1. The van der Waals surface area contributed by atoms with Crippen LogP contribution in [-0.4, -0.2) is 46.4 Å². The van der Waals surface area contributed by atoms with E-state index < -0.39 is 6.10 Å². The highest BCUT2D eigenvalue weighted by Gasteiger charge is 2.28. The number of amides is 2. The zero-order valence-electron chi connectivity index (χ0n) is 14.3. The van der Waals surface area contributed by atoms with Crippen LogP contribution in [0.5, 0.6) is 0 Å². The third-order valence-electron chi connectivity index (χ3n) is 4.51. The second-order valence-electron chi connectivity index (χ2n) is 6.26. The van der Waals surface area contributed by atoms with E-state index in [4.69, 9.17) is 4.74 Å². The highest BCUT2D eigenvalue weighted by atomic mass is 32.1. The standard InChI is InChI=1S/C17H24N4O3S/c1-24-11-14-9-13(19-20-14)10-18-17(23)21-6-4-12(5-7-21)16(22)15-3-2-8-25-15/h2-3,8-9,12,16,22H,4-7,10-11H2,1H3,(H,18,23)(H,19,20)/t16-/m1/s1. The first-order valence-corrected chi connectivity index (χ1v) is 9.31. The Labute approximate surface area is 151 Å². The molecule has 25 heavy (non-hydrogen) atoms. The molecular weight excluding hydrogens is 340 g/mol. The Kier molecular flexibility index (Phi) is 6.06. The van der Waals surface area contributed by atoms with Gasteiger partial charge in [0.15, 0.2) is 0 Å². The molecule has 0 aromatic carbocycles. The van der Waals surface area contributed by atoms with Gasteiger partial charge in [-0.3, -0.25) is 5.10 Å². The molecule has 136 valence electrons. The molecule has 1 aliphatic heterocycles. The Balaban J connectivity index is 1.43. The smallest absolute Gasteiger partial charge is 0.317 e. The average Bonchev–Trinajstić information content (AvgIpc) is 3.31. The summed E-state index contributed by atoms with van der Waals surface area (Å²) in [5, 5.41) is 22.3. The number of aromatic amines is 1. The number of hydrogen-bond donors (Lipinski definition) is 3. The summed E-state index contributed by atoms with van der Waals surface area (Å²) >= 11 is 1.58. The van der Waals surface area contributed by atoms with Crippen molar-refractivity contribution in [3.63, 3.8) is 0 Å². The lowest BCUT2D eigenvalue weighted by molar-refractivity contribution is 0.0689. The van der Waals surface area contributed by atoms with E-state index in [9.17, 15) is 9.90 Å². The Morgan fingerprint density at radius 1 is 1.56 bits per heavy atom. The molecule has 1 saturated heterocycles. The molecule has 0 aliphatic carbocycles. The average molecular weight is 364 g/mol. The second-order valence-corrected chi connectivity index (χ2v) is 7.24. The van der Waals surface area contributed by atoms with Gasteiger partial charge in [-0.05, 0) is 36.3 Å². The summed E-state index contributed by atoms with van der Waals surface area (Å²) in [6.07, 6.45) is 1.21. The summed E-state index contributed by atoms with van der Waals surface area (Å²) in [7, 11) is 1.62. The van der Waals surface area contributed by atoms with Crippen LogP contribution in [0.3, 0.4) is 0 Å². The molecule has 2 aromatic heterocycles. The number of likely N-dealkylation sites (tertiary alicyclic amines) is 1. The number of hydrogen-bond acceptors (Lipinski definition) is 5. The summed E-state index contributed by atoms with van der Waals surface area (Å²) < 4.78 is 5.02. The van der Waals surface area contributed by atoms with Crippen molar-refractivity contribution in [3.8, 4) is 0 Å². The van der Waals surface area contributed by atoms with Crippen LogP contribution in [0.1, 0.15) is 35.2 Å². The second kappa shape index (κ2) is 8.46. The Morgan fingerprint density at radius 3 is 3.04 bits per heavy atom. The first-order chi connectivity index (χ1) is 12.2. The number of aromatic nitrogens is 2. The van der Waals surface area contributed by atoms with E-state index in [0.717, 1.165) is 29.1 Å². The zero-order valence-corrected chi connectivity index (χ0v) is 15.1. The summed E-state index contributed by atoms with van der Waals surface area (Å²) in [4.78, 5) is 15.1. The molecule has 0 radical (unpaired) electrons. The molecule has 8 heteroatoms. The summed E-state index contributed by atoms with van der Waals surface area (Å²) in [5.41, 5.74) is 1.67. The van der Waals surface area contributed by atoms with Gasteiger partial charge >= 0.3 is 6.03 Å².